The Hall–Kier alpha value is -1.20. The van der Waals surface area contributed by atoms with Crippen molar-refractivity contribution in [3.63, 3.8) is 0 Å². The van der Waals surface area contributed by atoms with Crippen LogP contribution in [0.3, 0.4) is 0 Å². The van der Waals surface area contributed by atoms with E-state index in [1.807, 2.05) is 29.2 Å². The second kappa shape index (κ2) is 7.55. The minimum Gasteiger partial charge on any atom is -0.497 e. The molecule has 1 saturated heterocycles. The van der Waals surface area contributed by atoms with Crippen molar-refractivity contribution in [3.05, 3.63) is 24.3 Å². The third kappa shape index (κ3) is 4.15. The number of aliphatic hydroxyl groups excluding tert-OH is 1. The molecule has 1 aromatic carbocycles. The summed E-state index contributed by atoms with van der Waals surface area (Å²) in [5.41, 5.74) is 0. The summed E-state index contributed by atoms with van der Waals surface area (Å²) >= 11 is 1.55. The van der Waals surface area contributed by atoms with Gasteiger partial charge in [-0.15, -0.1) is 11.8 Å². The molecule has 1 aliphatic heterocycles. The van der Waals surface area contributed by atoms with Gasteiger partial charge in [-0.2, -0.15) is 0 Å². The molecule has 1 amide bonds. The summed E-state index contributed by atoms with van der Waals surface area (Å²) in [6.07, 6.45) is 1.81. The predicted octanol–water partition coefficient (Wildman–Crippen LogP) is 2.02. The maximum absolute atomic E-state index is 12.1. The Labute approximate surface area is 124 Å². The smallest absolute Gasteiger partial charge is 0.232 e. The fraction of sp³-hybridized carbons (Fsp3) is 0.533. The van der Waals surface area contributed by atoms with E-state index < -0.39 is 0 Å². The Kier molecular flexibility index (Phi) is 5.73. The molecule has 0 bridgehead atoms. The SMILES string of the molecule is COc1ccc(SCC(=O)N2CCC(CCO)C2)cc1. The zero-order chi connectivity index (χ0) is 14.4. The zero-order valence-corrected chi connectivity index (χ0v) is 12.6. The highest BCUT2D eigenvalue weighted by molar-refractivity contribution is 8.00. The van der Waals surface area contributed by atoms with Crippen LogP contribution >= 0.6 is 11.8 Å². The van der Waals surface area contributed by atoms with Crippen LogP contribution in [0.5, 0.6) is 5.75 Å². The molecule has 1 N–H and O–H groups in total. The molecule has 2 rings (SSSR count). The van der Waals surface area contributed by atoms with Gasteiger partial charge >= 0.3 is 0 Å². The Morgan fingerprint density at radius 1 is 1.45 bits per heavy atom. The monoisotopic (exact) mass is 295 g/mol. The molecular formula is C15H21NO3S. The molecule has 110 valence electrons. The Bertz CT molecular complexity index is 435. The van der Waals surface area contributed by atoms with Crippen LogP contribution < -0.4 is 4.74 Å². The summed E-state index contributed by atoms with van der Waals surface area (Å²) in [5, 5.41) is 8.93. The van der Waals surface area contributed by atoms with Crippen LogP contribution in [0.15, 0.2) is 29.2 Å². The van der Waals surface area contributed by atoms with Gasteiger partial charge in [0.05, 0.1) is 12.9 Å². The van der Waals surface area contributed by atoms with E-state index in [-0.39, 0.29) is 12.5 Å². The lowest BCUT2D eigenvalue weighted by molar-refractivity contribution is -0.127. The van der Waals surface area contributed by atoms with Crippen LogP contribution in [0, 0.1) is 5.92 Å². The van der Waals surface area contributed by atoms with Gasteiger partial charge in [0.25, 0.3) is 0 Å². The van der Waals surface area contributed by atoms with E-state index >= 15 is 0 Å². The molecule has 1 aliphatic rings. The first-order chi connectivity index (χ1) is 9.72. The average molecular weight is 295 g/mol. The van der Waals surface area contributed by atoms with E-state index in [9.17, 15) is 4.79 Å². The molecule has 0 saturated carbocycles. The van der Waals surface area contributed by atoms with E-state index in [2.05, 4.69) is 0 Å². The van der Waals surface area contributed by atoms with Crippen molar-refractivity contribution in [2.45, 2.75) is 17.7 Å². The number of benzene rings is 1. The Morgan fingerprint density at radius 2 is 2.20 bits per heavy atom. The lowest BCUT2D eigenvalue weighted by atomic mass is 10.1. The van der Waals surface area contributed by atoms with Crippen molar-refractivity contribution in [1.29, 1.82) is 0 Å². The molecule has 1 atom stereocenters. The van der Waals surface area contributed by atoms with Gasteiger partial charge in [-0.05, 0) is 43.0 Å². The molecule has 0 aromatic heterocycles. The summed E-state index contributed by atoms with van der Waals surface area (Å²) in [6.45, 7) is 1.84. The van der Waals surface area contributed by atoms with E-state index in [0.717, 1.165) is 36.6 Å². The number of carbonyl (C=O) groups is 1. The normalized spacial score (nSPS) is 18.3. The first-order valence-corrected chi connectivity index (χ1v) is 7.87. The minimum absolute atomic E-state index is 0.186. The number of aliphatic hydroxyl groups is 1. The standard InChI is InChI=1S/C15H21NO3S/c1-19-13-2-4-14(5-3-13)20-11-15(18)16-8-6-12(10-16)7-9-17/h2-5,12,17H,6-11H2,1H3. The molecule has 0 spiro atoms. The summed E-state index contributed by atoms with van der Waals surface area (Å²) in [7, 11) is 1.64. The van der Waals surface area contributed by atoms with Gasteiger partial charge in [0, 0.05) is 24.6 Å². The number of thioether (sulfide) groups is 1. The molecule has 1 fully saturated rings. The van der Waals surface area contributed by atoms with Gasteiger partial charge in [-0.25, -0.2) is 0 Å². The highest BCUT2D eigenvalue weighted by Crippen LogP contribution is 2.24. The fourth-order valence-corrected chi connectivity index (χ4v) is 3.19. The van der Waals surface area contributed by atoms with Gasteiger partial charge in [-0.3, -0.25) is 4.79 Å². The van der Waals surface area contributed by atoms with Crippen molar-refractivity contribution in [2.24, 2.45) is 5.92 Å². The quantitative estimate of drug-likeness (QED) is 0.816. The molecule has 1 heterocycles. The van der Waals surface area contributed by atoms with Crippen molar-refractivity contribution in [1.82, 2.24) is 4.90 Å². The number of hydrogen-bond donors (Lipinski definition) is 1. The van der Waals surface area contributed by atoms with Crippen LogP contribution in [-0.2, 0) is 4.79 Å². The number of rotatable bonds is 6. The number of methoxy groups -OCH3 is 1. The maximum atomic E-state index is 12.1. The topological polar surface area (TPSA) is 49.8 Å². The van der Waals surface area contributed by atoms with Crippen molar-refractivity contribution in [3.8, 4) is 5.75 Å². The third-order valence-corrected chi connectivity index (χ3v) is 4.59. The van der Waals surface area contributed by atoms with Crippen LogP contribution in [0.1, 0.15) is 12.8 Å². The molecule has 1 aromatic rings. The first kappa shape index (κ1) is 15.2. The molecule has 0 aliphatic carbocycles. The number of hydrogen-bond acceptors (Lipinski definition) is 4. The van der Waals surface area contributed by atoms with Gasteiger partial charge in [0.2, 0.25) is 5.91 Å². The first-order valence-electron chi connectivity index (χ1n) is 6.88. The lowest BCUT2D eigenvalue weighted by Crippen LogP contribution is -2.30. The largest absolute Gasteiger partial charge is 0.497 e. The van der Waals surface area contributed by atoms with Gasteiger partial charge < -0.3 is 14.7 Å². The predicted molar refractivity (Wildman–Crippen MR) is 80.1 cm³/mol. The second-order valence-corrected chi connectivity index (χ2v) is 6.02. The Morgan fingerprint density at radius 3 is 2.85 bits per heavy atom. The number of nitrogens with zero attached hydrogens (tertiary/aromatic N) is 1. The molecular weight excluding hydrogens is 274 g/mol. The number of ether oxygens (including phenoxy) is 1. The zero-order valence-electron chi connectivity index (χ0n) is 11.7. The molecule has 0 radical (unpaired) electrons. The lowest BCUT2D eigenvalue weighted by Gasteiger charge is -2.16. The van der Waals surface area contributed by atoms with Crippen molar-refractivity contribution < 1.29 is 14.6 Å². The summed E-state index contributed by atoms with van der Waals surface area (Å²) in [6, 6.07) is 7.74. The highest BCUT2D eigenvalue weighted by Gasteiger charge is 2.25. The molecule has 4 nitrogen and oxygen atoms in total. The third-order valence-electron chi connectivity index (χ3n) is 3.60. The second-order valence-electron chi connectivity index (χ2n) is 4.97. The summed E-state index contributed by atoms with van der Waals surface area (Å²) in [5.74, 6) is 1.95. The van der Waals surface area contributed by atoms with Gasteiger partial charge in [0.1, 0.15) is 5.75 Å². The summed E-state index contributed by atoms with van der Waals surface area (Å²) < 4.78 is 5.11. The van der Waals surface area contributed by atoms with Crippen molar-refractivity contribution >= 4 is 17.7 Å². The van der Waals surface area contributed by atoms with Gasteiger partial charge in [-0.1, -0.05) is 0 Å². The minimum atomic E-state index is 0.186. The molecule has 1 unspecified atom stereocenters. The van der Waals surface area contributed by atoms with Crippen LogP contribution in [0.2, 0.25) is 0 Å². The van der Waals surface area contributed by atoms with E-state index in [4.69, 9.17) is 9.84 Å². The van der Waals surface area contributed by atoms with E-state index in [0.29, 0.717) is 11.7 Å². The van der Waals surface area contributed by atoms with E-state index in [1.54, 1.807) is 18.9 Å². The maximum Gasteiger partial charge on any atom is 0.232 e. The van der Waals surface area contributed by atoms with Crippen LogP contribution in [0.25, 0.3) is 0 Å². The average Bonchev–Trinajstić information content (AvgIpc) is 2.94. The number of likely N-dealkylation sites (tertiary alicyclic amines) is 1. The number of carbonyl (C=O) groups excluding carboxylic acids is 1. The molecule has 5 heteroatoms. The number of amides is 1. The van der Waals surface area contributed by atoms with Crippen LogP contribution in [0.4, 0.5) is 0 Å². The summed E-state index contributed by atoms with van der Waals surface area (Å²) in [4.78, 5) is 15.1. The van der Waals surface area contributed by atoms with Crippen molar-refractivity contribution in [2.75, 3.05) is 32.6 Å². The fourth-order valence-electron chi connectivity index (χ4n) is 2.39. The van der Waals surface area contributed by atoms with Gasteiger partial charge in [0.15, 0.2) is 0 Å². The highest BCUT2D eigenvalue weighted by atomic mass is 32.2. The molecule has 20 heavy (non-hydrogen) atoms. The Balaban J connectivity index is 1.77. The van der Waals surface area contributed by atoms with E-state index in [1.165, 1.54) is 0 Å². The van der Waals surface area contributed by atoms with Crippen LogP contribution in [-0.4, -0.2) is 48.5 Å².